The molecule has 18 heavy (non-hydrogen) atoms. The topological polar surface area (TPSA) is 110 Å². The van der Waals surface area contributed by atoms with Crippen molar-refractivity contribution < 1.29 is 24.9 Å². The summed E-state index contributed by atoms with van der Waals surface area (Å²) < 4.78 is 0. The third kappa shape index (κ3) is 8.06. The monoisotopic (exact) mass is 290 g/mol. The Morgan fingerprint density at radius 2 is 1.56 bits per heavy atom. The van der Waals surface area contributed by atoms with Crippen LogP contribution < -0.4 is 14.7 Å². The van der Waals surface area contributed by atoms with E-state index in [-0.39, 0.29) is 16.5 Å². The standard InChI is InChI=1S/C11H16O2.O3P.P/c1-11(2,8-12)10(13)9-6-4-3-5-7-9;1-4(2)3;/h3-7,10,12-13H,8H2,1-2H3;;/q;-3;+3. The molecule has 2 N–H and O–H groups in total. The second kappa shape index (κ2) is 9.76. The first-order chi connectivity index (χ1) is 7.81. The van der Waals surface area contributed by atoms with Crippen molar-refractivity contribution >= 4 is 18.5 Å². The van der Waals surface area contributed by atoms with Crippen LogP contribution in [-0.4, -0.2) is 16.8 Å². The summed E-state index contributed by atoms with van der Waals surface area (Å²) in [6.45, 7) is 3.65. The van der Waals surface area contributed by atoms with Gasteiger partial charge < -0.3 is 33.5 Å². The summed E-state index contributed by atoms with van der Waals surface area (Å²) in [5.41, 5.74) is 0.364. The van der Waals surface area contributed by atoms with E-state index in [9.17, 15) is 5.11 Å². The molecular weight excluding hydrogens is 274 g/mol. The molecule has 0 saturated heterocycles. The van der Waals surface area contributed by atoms with Gasteiger partial charge in [-0.3, -0.25) is 0 Å². The van der Waals surface area contributed by atoms with Gasteiger partial charge in [-0.2, -0.15) is 0 Å². The van der Waals surface area contributed by atoms with Crippen LogP contribution in [0, 0.1) is 5.41 Å². The second-order valence-corrected chi connectivity index (χ2v) is 4.63. The van der Waals surface area contributed by atoms with Crippen LogP contribution in [0.4, 0.5) is 0 Å². The van der Waals surface area contributed by atoms with Crippen molar-refractivity contribution in [2.45, 2.75) is 20.0 Å². The summed E-state index contributed by atoms with van der Waals surface area (Å²) in [4.78, 5) is 25.4. The van der Waals surface area contributed by atoms with E-state index in [2.05, 4.69) is 0 Å². The van der Waals surface area contributed by atoms with E-state index in [1.165, 1.54) is 0 Å². The molecule has 0 aromatic heterocycles. The van der Waals surface area contributed by atoms with E-state index in [4.69, 9.17) is 19.8 Å². The number of hydrogen-bond acceptors (Lipinski definition) is 5. The van der Waals surface area contributed by atoms with Gasteiger partial charge in [0.25, 0.3) is 0 Å². The Morgan fingerprint density at radius 1 is 1.17 bits per heavy atom. The van der Waals surface area contributed by atoms with Crippen LogP contribution in [0.25, 0.3) is 0 Å². The van der Waals surface area contributed by atoms with Crippen LogP contribution in [0.2, 0.25) is 0 Å². The minimum Gasteiger partial charge on any atom is -0.854 e. The van der Waals surface area contributed by atoms with Gasteiger partial charge in [0.15, 0.2) is 0 Å². The first kappa shape index (κ1) is 20.2. The smallest absolute Gasteiger partial charge is 0.854 e. The summed E-state index contributed by atoms with van der Waals surface area (Å²) in [7, 11) is -3.37. The molecule has 0 heterocycles. The summed E-state index contributed by atoms with van der Waals surface area (Å²) in [6.07, 6.45) is -0.612. The predicted molar refractivity (Wildman–Crippen MR) is 66.1 cm³/mol. The van der Waals surface area contributed by atoms with E-state index in [0.29, 0.717) is 0 Å². The molecule has 5 nitrogen and oxygen atoms in total. The maximum Gasteiger partial charge on any atom is 3.00 e. The van der Waals surface area contributed by atoms with Gasteiger partial charge in [0, 0.05) is 5.41 Å². The van der Waals surface area contributed by atoms with Gasteiger partial charge in [0.1, 0.15) is 0 Å². The van der Waals surface area contributed by atoms with Crippen LogP contribution in [0.3, 0.4) is 0 Å². The number of rotatable bonds is 3. The van der Waals surface area contributed by atoms with E-state index < -0.39 is 20.1 Å². The first-order valence-corrected chi connectivity index (χ1v) is 6.06. The molecule has 0 amide bonds. The zero-order valence-electron chi connectivity index (χ0n) is 10.2. The first-order valence-electron chi connectivity index (χ1n) is 4.96. The number of aliphatic hydroxyl groups is 2. The molecule has 100 valence electrons. The van der Waals surface area contributed by atoms with Crippen molar-refractivity contribution in [1.29, 1.82) is 0 Å². The average Bonchev–Trinajstić information content (AvgIpc) is 2.28. The van der Waals surface area contributed by atoms with Crippen molar-refractivity contribution in [2.24, 2.45) is 5.41 Å². The Morgan fingerprint density at radius 3 is 1.89 bits per heavy atom. The molecule has 0 aliphatic heterocycles. The fraction of sp³-hybridized carbons (Fsp3) is 0.455. The molecule has 1 aromatic rings. The van der Waals surface area contributed by atoms with Crippen LogP contribution in [0.5, 0.6) is 0 Å². The quantitative estimate of drug-likeness (QED) is 0.755. The van der Waals surface area contributed by atoms with Crippen molar-refractivity contribution in [3.05, 3.63) is 35.9 Å². The molecule has 0 saturated carbocycles. The third-order valence-corrected chi connectivity index (χ3v) is 2.26. The molecule has 1 atom stereocenters. The zero-order chi connectivity index (χ0) is 13.5. The molecular formula is C11H16O5P2. The zero-order valence-corrected chi connectivity index (χ0v) is 12.0. The summed E-state index contributed by atoms with van der Waals surface area (Å²) in [5.74, 6) is 0. The summed E-state index contributed by atoms with van der Waals surface area (Å²) in [5, 5.41) is 19.0. The minimum absolute atomic E-state index is 0. The fourth-order valence-corrected chi connectivity index (χ4v) is 1.17. The van der Waals surface area contributed by atoms with Crippen LogP contribution >= 0.6 is 18.5 Å². The Labute approximate surface area is 112 Å². The van der Waals surface area contributed by atoms with Crippen LogP contribution in [0.15, 0.2) is 30.3 Å². The molecule has 0 spiro atoms. The Balaban J connectivity index is 0. The maximum atomic E-state index is 9.89. The molecule has 0 fully saturated rings. The van der Waals surface area contributed by atoms with Crippen molar-refractivity contribution in [2.75, 3.05) is 6.61 Å². The van der Waals surface area contributed by atoms with E-state index >= 15 is 0 Å². The SMILES string of the molecule is CC(C)(CO)C(O)c1ccccc1.[O-]P([O-])[O-].[P+3]. The maximum absolute atomic E-state index is 9.89. The van der Waals surface area contributed by atoms with Gasteiger partial charge in [-0.1, -0.05) is 44.2 Å². The van der Waals surface area contributed by atoms with Gasteiger partial charge in [-0.15, -0.1) is 0 Å². The molecule has 1 rings (SSSR count). The number of benzene rings is 1. The Kier molecular flexibility index (Phi) is 11.0. The van der Waals surface area contributed by atoms with E-state index in [0.717, 1.165) is 5.56 Å². The number of aliphatic hydroxyl groups excluding tert-OH is 2. The normalized spacial score (nSPS) is 12.2. The fourth-order valence-electron chi connectivity index (χ4n) is 1.17. The average molecular weight is 290 g/mol. The Bertz CT molecular complexity index is 303. The Hall–Kier alpha value is -0.120. The van der Waals surface area contributed by atoms with Crippen LogP contribution in [0.1, 0.15) is 25.5 Å². The van der Waals surface area contributed by atoms with Gasteiger partial charge in [-0.25, -0.2) is 0 Å². The largest absolute Gasteiger partial charge is 3.00 e. The van der Waals surface area contributed by atoms with E-state index in [1.54, 1.807) is 0 Å². The van der Waals surface area contributed by atoms with Crippen molar-refractivity contribution in [1.82, 2.24) is 0 Å². The van der Waals surface area contributed by atoms with Gasteiger partial charge in [0.2, 0.25) is 0 Å². The molecule has 7 heteroatoms. The van der Waals surface area contributed by atoms with Crippen molar-refractivity contribution in [3.8, 4) is 0 Å². The van der Waals surface area contributed by atoms with Gasteiger partial charge in [0.05, 0.1) is 12.7 Å². The number of hydrogen-bond donors (Lipinski definition) is 2. The third-order valence-electron chi connectivity index (χ3n) is 2.26. The van der Waals surface area contributed by atoms with Crippen molar-refractivity contribution in [3.63, 3.8) is 0 Å². The predicted octanol–water partition coefficient (Wildman–Crippen LogP) is -0.106. The minimum atomic E-state index is -3.37. The molecule has 1 unspecified atom stereocenters. The molecule has 1 aromatic carbocycles. The molecule has 0 bridgehead atoms. The molecule has 0 aliphatic carbocycles. The molecule has 2 radical (unpaired) electrons. The second-order valence-electron chi connectivity index (χ2n) is 4.18. The summed E-state index contributed by atoms with van der Waals surface area (Å²) >= 11 is 0. The van der Waals surface area contributed by atoms with Crippen LogP contribution in [-0.2, 0) is 0 Å². The summed E-state index contributed by atoms with van der Waals surface area (Å²) in [6, 6.07) is 9.39. The molecule has 0 aliphatic rings. The van der Waals surface area contributed by atoms with Gasteiger partial charge >= 0.3 is 9.90 Å². The van der Waals surface area contributed by atoms with E-state index in [1.807, 2.05) is 44.2 Å². The van der Waals surface area contributed by atoms with Gasteiger partial charge in [-0.05, 0) is 5.56 Å².